The summed E-state index contributed by atoms with van der Waals surface area (Å²) in [6.07, 6.45) is 1.44. The third kappa shape index (κ3) is 5.13. The van der Waals surface area contributed by atoms with Crippen LogP contribution in [0.15, 0.2) is 4.99 Å². The van der Waals surface area contributed by atoms with Crippen molar-refractivity contribution in [1.82, 2.24) is 0 Å². The van der Waals surface area contributed by atoms with Crippen LogP contribution in [0.4, 0.5) is 11.4 Å². The molecule has 28 heavy (non-hydrogen) atoms. The van der Waals surface area contributed by atoms with Crippen LogP contribution in [0, 0.1) is 49.1 Å². The van der Waals surface area contributed by atoms with E-state index in [1.165, 1.54) is 35.6 Å². The number of amides is 1. The lowest BCUT2D eigenvalue weighted by molar-refractivity contribution is -0.111. The summed E-state index contributed by atoms with van der Waals surface area (Å²) in [5.74, 6) is -0.128. The lowest BCUT2D eigenvalue weighted by Crippen LogP contribution is -2.29. The van der Waals surface area contributed by atoms with Crippen molar-refractivity contribution >= 4 is 159 Å². The van der Waals surface area contributed by atoms with Crippen LogP contribution >= 0.6 is 136 Å². The molecule has 0 saturated heterocycles. The summed E-state index contributed by atoms with van der Waals surface area (Å²) in [4.78, 5) is 19.2. The topological polar surface area (TPSA) is 32.7 Å². The Morgan fingerprint density at radius 1 is 0.714 bits per heavy atom. The molecule has 0 atom stereocenters. The molecule has 2 aromatic carbocycles. The largest absolute Gasteiger partial charge is 0.309 e. The second kappa shape index (κ2) is 10.7. The first-order valence-electron chi connectivity index (χ1n) is 8.00. The van der Waals surface area contributed by atoms with E-state index >= 15 is 0 Å². The van der Waals surface area contributed by atoms with Gasteiger partial charge in [0, 0.05) is 28.5 Å². The van der Waals surface area contributed by atoms with Gasteiger partial charge >= 0.3 is 0 Å². The molecule has 2 aromatic rings. The van der Waals surface area contributed by atoms with Crippen LogP contribution in [0.3, 0.4) is 0 Å². The van der Waals surface area contributed by atoms with Crippen molar-refractivity contribution in [2.24, 2.45) is 4.99 Å². The highest BCUT2D eigenvalue weighted by Gasteiger charge is 2.22. The molecule has 3 nitrogen and oxygen atoms in total. The zero-order valence-corrected chi connectivity index (χ0v) is 28.6. The third-order valence-electron chi connectivity index (χ3n) is 4.44. The highest BCUT2D eigenvalue weighted by Crippen LogP contribution is 2.38. The van der Waals surface area contributed by atoms with Crippen molar-refractivity contribution in [3.05, 3.63) is 43.7 Å². The predicted octanol–water partition coefficient (Wildman–Crippen LogP) is 7.91. The van der Waals surface area contributed by atoms with Gasteiger partial charge in [0.15, 0.2) is 0 Å². The van der Waals surface area contributed by atoms with E-state index in [-0.39, 0.29) is 5.91 Å². The number of carbonyl (C=O) groups excluding carboxylic acids is 1. The Bertz CT molecular complexity index is 958. The molecular weight excluding hydrogens is 1030 g/mol. The van der Waals surface area contributed by atoms with Crippen LogP contribution in [0.5, 0.6) is 0 Å². The van der Waals surface area contributed by atoms with Gasteiger partial charge in [0.1, 0.15) is 0 Å². The summed E-state index contributed by atoms with van der Waals surface area (Å²) in [6.45, 7) is 8.40. The van der Waals surface area contributed by atoms with Gasteiger partial charge in [-0.05, 0) is 185 Å². The number of benzene rings is 2. The van der Waals surface area contributed by atoms with Gasteiger partial charge in [-0.15, -0.1) is 0 Å². The van der Waals surface area contributed by atoms with Crippen LogP contribution in [0.2, 0.25) is 0 Å². The number of carbonyl (C=O) groups is 1. The third-order valence-corrected chi connectivity index (χ3v) is 13.0. The van der Waals surface area contributed by atoms with Gasteiger partial charge in [-0.2, -0.15) is 0 Å². The van der Waals surface area contributed by atoms with Gasteiger partial charge < -0.3 is 4.90 Å². The minimum absolute atomic E-state index is 0.128. The van der Waals surface area contributed by atoms with E-state index in [2.05, 4.69) is 168 Å². The molecule has 0 N–H and O–H groups in total. The van der Waals surface area contributed by atoms with E-state index in [0.717, 1.165) is 25.7 Å². The number of aliphatic imine (C=N–C) groups is 1. The Hall–Kier alpha value is 1.96. The molecule has 0 radical (unpaired) electrons. The highest BCUT2D eigenvalue weighted by atomic mass is 127. The smallest absolute Gasteiger partial charge is 0.269 e. The maximum Gasteiger partial charge on any atom is 0.269 e. The molecule has 0 heterocycles. The molecule has 0 aliphatic carbocycles. The molecule has 0 unspecified atom stereocenters. The number of hydrogen-bond acceptors (Lipinski definition) is 2. The molecule has 0 fully saturated rings. The van der Waals surface area contributed by atoms with Gasteiger partial charge in [-0.25, -0.2) is 4.99 Å². The SMILES string of the molecule is Cc1c(I)c(C)c(I)c(N=CC(=O)N(C)c2c(I)c(C)c(I)c(C)c2I)c1I. The zero-order valence-electron chi connectivity index (χ0n) is 15.6. The maximum atomic E-state index is 12.9. The molecule has 0 aromatic heterocycles. The average Bonchev–Trinajstić information content (AvgIpc) is 2.67. The first-order valence-corrected chi connectivity index (χ1v) is 14.5. The van der Waals surface area contributed by atoms with Crippen LogP contribution in [0.25, 0.3) is 0 Å². The van der Waals surface area contributed by atoms with Crippen LogP contribution in [0.1, 0.15) is 22.3 Å². The van der Waals surface area contributed by atoms with E-state index in [1.54, 1.807) is 4.90 Å². The molecule has 0 bridgehead atoms. The van der Waals surface area contributed by atoms with Crippen LogP contribution in [-0.4, -0.2) is 19.2 Å². The summed E-state index contributed by atoms with van der Waals surface area (Å²) in [6, 6.07) is 0. The Labute approximate surface area is 247 Å². The molecule has 0 saturated carbocycles. The quantitative estimate of drug-likeness (QED) is 0.228. The van der Waals surface area contributed by atoms with E-state index in [0.29, 0.717) is 0 Å². The first kappa shape index (κ1) is 26.2. The summed E-state index contributed by atoms with van der Waals surface area (Å²) >= 11 is 14.1. The van der Waals surface area contributed by atoms with Crippen molar-refractivity contribution < 1.29 is 4.79 Å². The average molecular weight is 1050 g/mol. The van der Waals surface area contributed by atoms with E-state index in [1.807, 2.05) is 7.05 Å². The normalized spacial score (nSPS) is 11.4. The molecule has 9 heteroatoms. The lowest BCUT2D eigenvalue weighted by Gasteiger charge is -2.22. The maximum absolute atomic E-state index is 12.9. The number of hydrogen-bond donors (Lipinski definition) is 0. The fourth-order valence-corrected chi connectivity index (χ4v) is 9.91. The predicted molar refractivity (Wildman–Crippen MR) is 170 cm³/mol. The highest BCUT2D eigenvalue weighted by molar-refractivity contribution is 14.1. The molecular formula is C19H16I6N2O. The standard InChI is InChI=1S/C19H16I6N2O/c1-7-12(20)8(2)15(23)18(14(7)22)26-6-11(28)27(5)19-16(24)9(3)13(21)10(4)17(19)25/h6H,1-5H3. The molecule has 0 aliphatic rings. The minimum Gasteiger partial charge on any atom is -0.309 e. The molecule has 150 valence electrons. The zero-order chi connectivity index (χ0) is 21.5. The lowest BCUT2D eigenvalue weighted by atomic mass is 10.1. The Morgan fingerprint density at radius 3 is 1.46 bits per heavy atom. The van der Waals surface area contributed by atoms with Crippen molar-refractivity contribution in [3.63, 3.8) is 0 Å². The number of anilines is 1. The van der Waals surface area contributed by atoms with Gasteiger partial charge in [-0.3, -0.25) is 4.79 Å². The molecule has 1 amide bonds. The summed E-state index contributed by atoms with van der Waals surface area (Å²) in [5.41, 5.74) is 6.66. The monoisotopic (exact) mass is 1050 g/mol. The van der Waals surface area contributed by atoms with Crippen LogP contribution < -0.4 is 4.90 Å². The van der Waals surface area contributed by atoms with E-state index in [9.17, 15) is 4.79 Å². The summed E-state index contributed by atoms with van der Waals surface area (Å²) in [7, 11) is 1.82. The Morgan fingerprint density at radius 2 is 1.07 bits per heavy atom. The van der Waals surface area contributed by atoms with Crippen molar-refractivity contribution in [3.8, 4) is 0 Å². The Kier molecular flexibility index (Phi) is 10.0. The molecule has 2 rings (SSSR count). The van der Waals surface area contributed by atoms with Gasteiger partial charge in [0.25, 0.3) is 5.91 Å². The van der Waals surface area contributed by atoms with Crippen molar-refractivity contribution in [2.75, 3.05) is 11.9 Å². The fraction of sp³-hybridized carbons (Fsp3) is 0.263. The van der Waals surface area contributed by atoms with E-state index in [4.69, 9.17) is 0 Å². The molecule has 0 aliphatic heterocycles. The second-order valence-electron chi connectivity index (χ2n) is 6.24. The van der Waals surface area contributed by atoms with Crippen molar-refractivity contribution in [1.29, 1.82) is 0 Å². The van der Waals surface area contributed by atoms with Gasteiger partial charge in [0.05, 0.1) is 17.6 Å². The van der Waals surface area contributed by atoms with Gasteiger partial charge in [-0.1, -0.05) is 0 Å². The van der Waals surface area contributed by atoms with E-state index < -0.39 is 0 Å². The number of nitrogens with zero attached hydrogens (tertiary/aromatic N) is 2. The van der Waals surface area contributed by atoms with Crippen molar-refractivity contribution in [2.45, 2.75) is 27.7 Å². The number of rotatable bonds is 3. The minimum atomic E-state index is -0.128. The molecule has 0 spiro atoms. The fourth-order valence-electron chi connectivity index (χ4n) is 2.58. The number of halogens is 6. The summed E-state index contributed by atoms with van der Waals surface area (Å²) in [5, 5.41) is 0. The second-order valence-corrected chi connectivity index (χ2v) is 12.7. The Balaban J connectivity index is 2.48. The first-order chi connectivity index (χ1) is 12.9. The van der Waals surface area contributed by atoms with Crippen LogP contribution in [-0.2, 0) is 4.79 Å². The van der Waals surface area contributed by atoms with Gasteiger partial charge in [0.2, 0.25) is 0 Å². The summed E-state index contributed by atoms with van der Waals surface area (Å²) < 4.78 is 6.89.